The summed E-state index contributed by atoms with van der Waals surface area (Å²) in [6.07, 6.45) is 2.35. The van der Waals surface area contributed by atoms with E-state index in [1.807, 2.05) is 0 Å². The molecule has 0 amide bonds. The van der Waals surface area contributed by atoms with Crippen LogP contribution in [0.25, 0.3) is 0 Å². The van der Waals surface area contributed by atoms with Crippen molar-refractivity contribution in [1.82, 2.24) is 0 Å². The van der Waals surface area contributed by atoms with Gasteiger partial charge in [-0.25, -0.2) is 0 Å². The van der Waals surface area contributed by atoms with Gasteiger partial charge in [0.1, 0.15) is 0 Å². The Morgan fingerprint density at radius 1 is 0.242 bits per heavy atom. The summed E-state index contributed by atoms with van der Waals surface area (Å²) in [4.78, 5) is 0. The Hall–Kier alpha value is 1.57. The Morgan fingerprint density at radius 2 is 0.484 bits per heavy atom. The van der Waals surface area contributed by atoms with E-state index in [1.54, 1.807) is 21.3 Å². The summed E-state index contributed by atoms with van der Waals surface area (Å²) in [5, 5.41) is 0. The highest BCUT2D eigenvalue weighted by atomic mass is 28.5. The van der Waals surface area contributed by atoms with E-state index in [2.05, 4.69) is 124 Å². The van der Waals surface area contributed by atoms with Crippen LogP contribution in [0, 0.1) is 0 Å². The molecule has 0 aromatic rings. The van der Waals surface area contributed by atoms with Crippen LogP contribution in [0.2, 0.25) is 143 Å². The molecule has 0 aromatic heterocycles. The first-order valence-electron chi connectivity index (χ1n) is 22.6. The molecule has 0 heterocycles. The second-order valence-electron chi connectivity index (χ2n) is 20.7. The van der Waals surface area contributed by atoms with Crippen molar-refractivity contribution >= 4 is 85.1 Å². The fraction of sp³-hybridized carbons (Fsp3) is 1.00. The van der Waals surface area contributed by atoms with Crippen LogP contribution in [0.5, 0.6) is 0 Å². The second kappa shape index (κ2) is 28.3. The highest BCUT2D eigenvalue weighted by Crippen LogP contribution is 2.35. The van der Waals surface area contributed by atoms with Crippen LogP contribution in [-0.4, -0.2) is 166 Å². The molecular weight excluding hydrogens is 965 g/mol. The van der Waals surface area contributed by atoms with Crippen molar-refractivity contribution < 1.29 is 65.5 Å². The van der Waals surface area contributed by atoms with Crippen molar-refractivity contribution in [3.05, 3.63) is 0 Å². The van der Waals surface area contributed by atoms with Gasteiger partial charge >= 0.3 is 68.5 Å². The number of methoxy groups -OCH3 is 3. The van der Waals surface area contributed by atoms with Gasteiger partial charge in [-0.3, -0.25) is 0 Å². The quantitative estimate of drug-likeness (QED) is 0.0426. The van der Waals surface area contributed by atoms with Gasteiger partial charge in [-0.1, -0.05) is 0 Å². The van der Waals surface area contributed by atoms with E-state index >= 15 is 0 Å². The van der Waals surface area contributed by atoms with Crippen LogP contribution in [0.15, 0.2) is 0 Å². The number of hydrogen-bond acceptors (Lipinski definition) is 15. The summed E-state index contributed by atoms with van der Waals surface area (Å²) in [6, 6.07) is 2.19. The molecule has 3 atom stereocenters. The Bertz CT molecular complexity index is 1210. The lowest BCUT2D eigenvalue weighted by Gasteiger charge is -2.46. The summed E-state index contributed by atoms with van der Waals surface area (Å²) in [6.45, 7) is 45.8. The monoisotopic (exact) mass is 1060 g/mol. The first-order valence-corrected chi connectivity index (χ1v) is 51.0. The summed E-state index contributed by atoms with van der Waals surface area (Å²) in [5.41, 5.74) is 0. The van der Waals surface area contributed by atoms with Crippen LogP contribution in [-0.2, 0) is 65.5 Å². The average Bonchev–Trinajstić information content (AvgIpc) is 3.00. The van der Waals surface area contributed by atoms with E-state index < -0.39 is 85.1 Å². The zero-order chi connectivity index (χ0) is 48.2. The zero-order valence-corrected chi connectivity index (χ0v) is 53.7. The molecule has 62 heavy (non-hydrogen) atoms. The van der Waals surface area contributed by atoms with Crippen molar-refractivity contribution in [2.75, 3.05) is 80.8 Å². The highest BCUT2D eigenvalue weighted by molar-refractivity contribution is 6.93. The Labute approximate surface area is 391 Å². The van der Waals surface area contributed by atoms with Gasteiger partial charge in [0, 0.05) is 41.2 Å². The first kappa shape index (κ1) is 63.6. The van der Waals surface area contributed by atoms with E-state index in [-0.39, 0.29) is 0 Å². The summed E-state index contributed by atoms with van der Waals surface area (Å²) >= 11 is 0. The van der Waals surface area contributed by atoms with Crippen LogP contribution in [0.4, 0.5) is 0 Å². The van der Waals surface area contributed by atoms with E-state index in [4.69, 9.17) is 65.5 Å². The number of hydrogen-bond donors (Lipinski definition) is 0. The number of rotatable bonds is 39. The molecule has 3 unspecified atom stereocenters. The maximum absolute atomic E-state index is 7.54. The van der Waals surface area contributed by atoms with Crippen molar-refractivity contribution in [2.45, 2.75) is 162 Å². The molecule has 15 nitrogen and oxygen atoms in total. The molecule has 0 N–H and O–H groups in total. The predicted molar refractivity (Wildman–Crippen MR) is 275 cm³/mol. The minimum atomic E-state index is -3.06. The normalized spacial score (nSPS) is 16.9. The van der Waals surface area contributed by atoms with Gasteiger partial charge in [-0.2, -0.15) is 0 Å². The van der Waals surface area contributed by atoms with Crippen LogP contribution < -0.4 is 0 Å². The third-order valence-corrected chi connectivity index (χ3v) is 47.1. The SMILES string of the molecule is COCCOCCC[Si](C)(O[Si](C)(C)C)O[Si](C)(CCCOCCOC)O[Si](C)(CCCOCCOC)O[Si](C)(C)O[Si](C)(C)O[Si](C)(C)O[Si](C)(C)O[Si](C)(C)O[Si](C)(C)C. The maximum atomic E-state index is 7.54. The number of ether oxygens (including phenoxy) is 6. The molecule has 0 saturated heterocycles. The molecule has 0 aliphatic heterocycles. The maximum Gasteiger partial charge on any atom is 0.317 e. The zero-order valence-electron chi connectivity index (χ0n) is 43.7. The molecular formula is C37H96O15Si10. The van der Waals surface area contributed by atoms with Crippen LogP contribution in [0.1, 0.15) is 19.3 Å². The fourth-order valence-corrected chi connectivity index (χ4v) is 58.5. The average molecular weight is 1060 g/mol. The van der Waals surface area contributed by atoms with Crippen molar-refractivity contribution in [2.24, 2.45) is 0 Å². The standard InChI is InChI=1S/C37H96O15Si10/c1-38-29-32-41-26-23-35-60(20,45-54(7,8)9)51-62(22,37-25-28-43-34-31-40-3)52-61(21,36-24-27-42-33-30-39-2)50-59(18,19)49-58(16,17)48-57(14,15)47-56(12,13)46-55(10,11)44-53(4,5)6/h23-37H2,1-22H3. The van der Waals surface area contributed by atoms with Gasteiger partial charge in [0.25, 0.3) is 0 Å². The van der Waals surface area contributed by atoms with Gasteiger partial charge in [-0.05, 0) is 162 Å². The van der Waals surface area contributed by atoms with E-state index in [9.17, 15) is 0 Å². The summed E-state index contributed by atoms with van der Waals surface area (Å²) in [5.74, 6) is 0. The molecule has 0 saturated carbocycles. The molecule has 0 spiro atoms. The third kappa shape index (κ3) is 33.1. The van der Waals surface area contributed by atoms with E-state index in [0.717, 1.165) is 25.3 Å². The van der Waals surface area contributed by atoms with Gasteiger partial charge < -0.3 is 65.5 Å². The first-order chi connectivity index (χ1) is 28.0. The van der Waals surface area contributed by atoms with Gasteiger partial charge in [0.15, 0.2) is 16.6 Å². The molecule has 25 heteroatoms. The topological polar surface area (TPSA) is 138 Å². The molecule has 0 fully saturated rings. The van der Waals surface area contributed by atoms with Crippen LogP contribution >= 0.6 is 0 Å². The van der Waals surface area contributed by atoms with Gasteiger partial charge in [0.05, 0.1) is 39.6 Å². The molecule has 0 rings (SSSR count). The molecule has 0 aliphatic rings. The molecule has 0 aliphatic carbocycles. The Balaban J connectivity index is 6.69. The summed E-state index contributed by atoms with van der Waals surface area (Å²) in [7, 11) is -21.2. The van der Waals surface area contributed by atoms with E-state index in [0.29, 0.717) is 71.6 Å². The predicted octanol–water partition coefficient (Wildman–Crippen LogP) is 9.69. The van der Waals surface area contributed by atoms with E-state index in [1.165, 1.54) is 0 Å². The van der Waals surface area contributed by atoms with Crippen molar-refractivity contribution in [3.8, 4) is 0 Å². The lowest BCUT2D eigenvalue weighted by molar-refractivity contribution is 0.0694. The van der Waals surface area contributed by atoms with Crippen molar-refractivity contribution in [1.29, 1.82) is 0 Å². The Kier molecular flexibility index (Phi) is 29.0. The molecule has 374 valence electrons. The lowest BCUT2D eigenvalue weighted by Crippen LogP contribution is -2.63. The molecule has 0 radical (unpaired) electrons. The second-order valence-corrected chi connectivity index (χ2v) is 58.8. The molecule has 0 aromatic carbocycles. The smallest absolute Gasteiger partial charge is 0.317 e. The Morgan fingerprint density at radius 3 is 0.758 bits per heavy atom. The fourth-order valence-electron chi connectivity index (χ4n) is 7.88. The minimum absolute atomic E-state index is 0.528. The third-order valence-electron chi connectivity index (χ3n) is 8.42. The van der Waals surface area contributed by atoms with Gasteiger partial charge in [0.2, 0.25) is 0 Å². The lowest BCUT2D eigenvalue weighted by atomic mass is 10.5. The van der Waals surface area contributed by atoms with Crippen molar-refractivity contribution in [3.63, 3.8) is 0 Å². The van der Waals surface area contributed by atoms with Gasteiger partial charge in [-0.15, -0.1) is 0 Å². The van der Waals surface area contributed by atoms with Crippen LogP contribution in [0.3, 0.4) is 0 Å². The highest BCUT2D eigenvalue weighted by Gasteiger charge is 2.53. The largest absolute Gasteiger partial charge is 0.437 e. The summed E-state index contributed by atoms with van der Waals surface area (Å²) < 4.78 is 96.8. The minimum Gasteiger partial charge on any atom is -0.437 e. The molecule has 0 bridgehead atoms.